The molecule has 2 heterocycles. The number of nitrogens with one attached hydrogen (secondary N) is 1. The molecule has 38 heavy (non-hydrogen) atoms. The number of carbonyl (C=O) groups is 1. The Kier molecular flexibility index (Phi) is 7.31. The van der Waals surface area contributed by atoms with E-state index in [-0.39, 0.29) is 23.8 Å². The van der Waals surface area contributed by atoms with Crippen LogP contribution in [0.5, 0.6) is 11.5 Å². The number of nitrogens with zero attached hydrogens (tertiary/aromatic N) is 3. The number of aromatic nitrogens is 2. The van der Waals surface area contributed by atoms with Crippen LogP contribution in [-0.4, -0.2) is 40.2 Å². The number of amides is 1. The molecule has 4 aromatic rings. The highest BCUT2D eigenvalue weighted by molar-refractivity contribution is 5.95. The molecule has 1 aliphatic heterocycles. The Bertz CT molecular complexity index is 1550. The van der Waals surface area contributed by atoms with Gasteiger partial charge in [0.25, 0.3) is 11.5 Å². The van der Waals surface area contributed by atoms with Crippen LogP contribution in [0.2, 0.25) is 0 Å². The molecule has 1 amide bonds. The first kappa shape index (κ1) is 25.0. The summed E-state index contributed by atoms with van der Waals surface area (Å²) in [5.74, 6) is 0.0210. The maximum Gasteiger partial charge on any atom is 0.272 e. The van der Waals surface area contributed by atoms with Crippen LogP contribution in [0.4, 0.5) is 4.39 Å². The summed E-state index contributed by atoms with van der Waals surface area (Å²) in [5, 5.41) is 16.5. The first-order valence-corrected chi connectivity index (χ1v) is 12.3. The van der Waals surface area contributed by atoms with Gasteiger partial charge in [0.2, 0.25) is 0 Å². The van der Waals surface area contributed by atoms with Gasteiger partial charge in [0.1, 0.15) is 35.7 Å². The molecule has 192 valence electrons. The first-order chi connectivity index (χ1) is 18.5. The van der Waals surface area contributed by atoms with E-state index in [1.165, 1.54) is 18.2 Å². The molecule has 1 N–H and O–H groups in total. The van der Waals surface area contributed by atoms with Crippen molar-refractivity contribution in [1.29, 1.82) is 5.26 Å². The van der Waals surface area contributed by atoms with E-state index < -0.39 is 11.7 Å². The van der Waals surface area contributed by atoms with Gasteiger partial charge in [-0.3, -0.25) is 9.59 Å². The summed E-state index contributed by atoms with van der Waals surface area (Å²) in [4.78, 5) is 26.8. The maximum absolute atomic E-state index is 14.6. The molecule has 5 rings (SSSR count). The second-order valence-corrected chi connectivity index (χ2v) is 9.06. The maximum atomic E-state index is 14.6. The molecule has 1 fully saturated rings. The number of hydrogen-bond acceptors (Lipinski definition) is 6. The third kappa shape index (κ3) is 5.49. The molecule has 9 heteroatoms. The fourth-order valence-corrected chi connectivity index (χ4v) is 4.51. The monoisotopic (exact) mass is 512 g/mol. The zero-order chi connectivity index (χ0) is 26.5. The largest absolute Gasteiger partial charge is 0.490 e. The Morgan fingerprint density at radius 1 is 1.05 bits per heavy atom. The molecular formula is C29H25FN4O4. The molecule has 1 aromatic heterocycles. The van der Waals surface area contributed by atoms with E-state index in [1.54, 1.807) is 23.1 Å². The Balaban J connectivity index is 1.21. The summed E-state index contributed by atoms with van der Waals surface area (Å²) in [6.45, 7) is 0.915. The normalized spacial score (nSPS) is 13.7. The van der Waals surface area contributed by atoms with E-state index in [2.05, 4.69) is 16.3 Å². The third-order valence-corrected chi connectivity index (χ3v) is 6.56. The second-order valence-electron chi connectivity index (χ2n) is 9.06. The van der Waals surface area contributed by atoms with E-state index in [1.807, 2.05) is 30.3 Å². The van der Waals surface area contributed by atoms with Crippen LogP contribution < -0.4 is 15.0 Å². The predicted molar refractivity (Wildman–Crippen MR) is 138 cm³/mol. The van der Waals surface area contributed by atoms with Gasteiger partial charge >= 0.3 is 0 Å². The third-order valence-electron chi connectivity index (χ3n) is 6.56. The summed E-state index contributed by atoms with van der Waals surface area (Å²) in [6, 6.07) is 20.7. The fraction of sp³-hybridized carbons (Fsp3) is 0.241. The second kappa shape index (κ2) is 11.1. The van der Waals surface area contributed by atoms with Gasteiger partial charge in [-0.15, -0.1) is 0 Å². The number of benzene rings is 3. The van der Waals surface area contributed by atoms with Crippen molar-refractivity contribution < 1.29 is 18.7 Å². The van der Waals surface area contributed by atoms with Crippen molar-refractivity contribution in [3.63, 3.8) is 0 Å². The lowest BCUT2D eigenvalue weighted by Gasteiger charge is -2.32. The number of halogens is 1. The van der Waals surface area contributed by atoms with Crippen molar-refractivity contribution in [3.8, 4) is 17.6 Å². The van der Waals surface area contributed by atoms with Crippen LogP contribution in [0.15, 0.2) is 71.5 Å². The molecule has 0 radical (unpaired) electrons. The summed E-state index contributed by atoms with van der Waals surface area (Å²) >= 11 is 0. The summed E-state index contributed by atoms with van der Waals surface area (Å²) in [6.07, 6.45) is 1.54. The van der Waals surface area contributed by atoms with Gasteiger partial charge in [-0.05, 0) is 42.0 Å². The van der Waals surface area contributed by atoms with Gasteiger partial charge in [-0.1, -0.05) is 30.3 Å². The van der Waals surface area contributed by atoms with Crippen molar-refractivity contribution >= 4 is 16.7 Å². The van der Waals surface area contributed by atoms with Crippen molar-refractivity contribution in [1.82, 2.24) is 15.1 Å². The quantitative estimate of drug-likeness (QED) is 0.394. The molecular weight excluding hydrogens is 487 g/mol. The predicted octanol–water partition coefficient (Wildman–Crippen LogP) is 4.39. The van der Waals surface area contributed by atoms with E-state index >= 15 is 0 Å². The summed E-state index contributed by atoms with van der Waals surface area (Å²) in [5.41, 5.74) is 1.10. The van der Waals surface area contributed by atoms with Crippen LogP contribution in [-0.2, 0) is 13.0 Å². The number of piperidine rings is 1. The molecule has 0 unspecified atom stereocenters. The Morgan fingerprint density at radius 2 is 1.76 bits per heavy atom. The molecule has 0 spiro atoms. The number of likely N-dealkylation sites (tertiary alicyclic amines) is 1. The van der Waals surface area contributed by atoms with Crippen molar-refractivity contribution in [2.75, 3.05) is 13.1 Å². The Labute approximate surface area is 218 Å². The highest BCUT2D eigenvalue weighted by atomic mass is 19.1. The lowest BCUT2D eigenvalue weighted by molar-refractivity contribution is 0.0591. The lowest BCUT2D eigenvalue weighted by atomic mass is 10.1. The molecule has 3 aromatic carbocycles. The van der Waals surface area contributed by atoms with E-state index in [0.717, 1.165) is 11.3 Å². The molecule has 8 nitrogen and oxygen atoms in total. The van der Waals surface area contributed by atoms with Crippen molar-refractivity contribution in [3.05, 3.63) is 99.7 Å². The number of aromatic amines is 1. The topological polar surface area (TPSA) is 108 Å². The van der Waals surface area contributed by atoms with E-state index in [4.69, 9.17) is 14.7 Å². The van der Waals surface area contributed by atoms with Gasteiger partial charge in [-0.2, -0.15) is 10.4 Å². The van der Waals surface area contributed by atoms with E-state index in [9.17, 15) is 14.0 Å². The number of hydrogen-bond donors (Lipinski definition) is 1. The number of rotatable bonds is 7. The number of ether oxygens (including phenoxy) is 2. The molecule has 0 aliphatic carbocycles. The zero-order valence-corrected chi connectivity index (χ0v) is 20.5. The molecule has 0 saturated carbocycles. The van der Waals surface area contributed by atoms with E-state index in [0.29, 0.717) is 54.6 Å². The molecule has 0 bridgehead atoms. The van der Waals surface area contributed by atoms with Gasteiger partial charge in [-0.25, -0.2) is 9.49 Å². The van der Waals surface area contributed by atoms with Crippen molar-refractivity contribution in [2.24, 2.45) is 0 Å². The summed E-state index contributed by atoms with van der Waals surface area (Å²) < 4.78 is 26.5. The molecule has 0 atom stereocenters. The average molecular weight is 513 g/mol. The van der Waals surface area contributed by atoms with Crippen LogP contribution in [0.3, 0.4) is 0 Å². The first-order valence-electron chi connectivity index (χ1n) is 12.3. The Morgan fingerprint density at radius 3 is 2.50 bits per heavy atom. The number of carbonyl (C=O) groups excluding carboxylic acids is 1. The zero-order valence-electron chi connectivity index (χ0n) is 20.5. The minimum Gasteiger partial charge on any atom is -0.490 e. The SMILES string of the molecule is N#CCc1ccc(OC2CCN(C(=O)c3cc(OCc4n[nH]c(=O)c5ccccc45)ccc3F)CC2)cc1. The highest BCUT2D eigenvalue weighted by Gasteiger charge is 2.26. The minimum absolute atomic E-state index is 0.0385. The van der Waals surface area contributed by atoms with Gasteiger partial charge in [0.15, 0.2) is 0 Å². The smallest absolute Gasteiger partial charge is 0.272 e. The standard InChI is InChI=1S/C29H25FN4O4/c30-26-10-9-22(37-18-27-23-3-1-2-4-24(23)28(35)33-32-27)17-25(26)29(36)34-15-12-21(13-16-34)38-20-7-5-19(6-8-20)11-14-31/h1-10,17,21H,11-13,15-16,18H2,(H,33,35). The minimum atomic E-state index is -0.620. The van der Waals surface area contributed by atoms with Crippen LogP contribution in [0, 0.1) is 17.1 Å². The van der Waals surface area contributed by atoms with Gasteiger partial charge in [0, 0.05) is 31.3 Å². The van der Waals surface area contributed by atoms with Crippen molar-refractivity contribution in [2.45, 2.75) is 32.0 Å². The fourth-order valence-electron chi connectivity index (χ4n) is 4.51. The molecule has 1 aliphatic rings. The summed E-state index contributed by atoms with van der Waals surface area (Å²) in [7, 11) is 0. The van der Waals surface area contributed by atoms with Crippen LogP contribution >= 0.6 is 0 Å². The highest BCUT2D eigenvalue weighted by Crippen LogP contribution is 2.24. The van der Waals surface area contributed by atoms with Gasteiger partial charge < -0.3 is 14.4 Å². The number of nitriles is 1. The number of H-pyrrole nitrogens is 1. The van der Waals surface area contributed by atoms with Crippen LogP contribution in [0.1, 0.15) is 34.5 Å². The van der Waals surface area contributed by atoms with Gasteiger partial charge in [0.05, 0.1) is 23.4 Å². The average Bonchev–Trinajstić information content (AvgIpc) is 2.95. The lowest BCUT2D eigenvalue weighted by Crippen LogP contribution is -2.42. The number of fused-ring (bicyclic) bond motifs is 1. The molecule has 1 saturated heterocycles. The Hall–Kier alpha value is -4.71. The van der Waals surface area contributed by atoms with Crippen LogP contribution in [0.25, 0.3) is 10.8 Å².